The van der Waals surface area contributed by atoms with E-state index in [9.17, 15) is 4.79 Å². The van der Waals surface area contributed by atoms with Gasteiger partial charge in [-0.2, -0.15) is 0 Å². The Bertz CT molecular complexity index is 163. The van der Waals surface area contributed by atoms with Crippen molar-refractivity contribution in [2.45, 2.75) is 0 Å². The van der Waals surface area contributed by atoms with Crippen molar-refractivity contribution in [1.82, 2.24) is 9.80 Å². The highest BCUT2D eigenvalue weighted by Gasteiger charge is 2.20. The summed E-state index contributed by atoms with van der Waals surface area (Å²) in [7, 11) is 0. The van der Waals surface area contributed by atoms with Crippen LogP contribution in [0.4, 0.5) is 0 Å². The molecule has 0 aromatic carbocycles. The Balaban J connectivity index is 2.21. The van der Waals surface area contributed by atoms with E-state index in [0.29, 0.717) is 13.2 Å². The number of carboxylic acid groups (broad SMARTS) is 1. The van der Waals surface area contributed by atoms with Gasteiger partial charge in [-0.3, -0.25) is 14.6 Å². The molecule has 12 heavy (non-hydrogen) atoms. The van der Waals surface area contributed by atoms with Gasteiger partial charge in [-0.1, -0.05) is 0 Å². The fourth-order valence-corrected chi connectivity index (χ4v) is 1.35. The number of aliphatic hydroxyl groups excluding tert-OH is 1. The van der Waals surface area contributed by atoms with Gasteiger partial charge in [0, 0.05) is 19.6 Å². The Hall–Kier alpha value is -0.650. The van der Waals surface area contributed by atoms with Crippen LogP contribution >= 0.6 is 0 Å². The average molecular weight is 174 g/mol. The molecule has 0 atom stereocenters. The Morgan fingerprint density at radius 1 is 1.33 bits per heavy atom. The number of β-amino-alcohol motifs (C(OH)–C–C–N with tert-alkyl or cyclic N) is 1. The summed E-state index contributed by atoms with van der Waals surface area (Å²) in [6.07, 6.45) is 0. The lowest BCUT2D eigenvalue weighted by Gasteiger charge is -2.14. The van der Waals surface area contributed by atoms with Crippen molar-refractivity contribution in [3.05, 3.63) is 0 Å². The number of carbonyl (C=O) groups is 1. The molecule has 0 aromatic rings. The number of rotatable bonds is 4. The van der Waals surface area contributed by atoms with E-state index in [-0.39, 0.29) is 13.2 Å². The van der Waals surface area contributed by atoms with Gasteiger partial charge in [0.25, 0.3) is 0 Å². The largest absolute Gasteiger partial charge is 0.480 e. The van der Waals surface area contributed by atoms with Gasteiger partial charge in [-0.15, -0.1) is 0 Å². The van der Waals surface area contributed by atoms with Crippen molar-refractivity contribution in [2.75, 3.05) is 39.5 Å². The molecule has 5 heteroatoms. The molecular weight excluding hydrogens is 160 g/mol. The van der Waals surface area contributed by atoms with Gasteiger partial charge < -0.3 is 10.2 Å². The van der Waals surface area contributed by atoms with Crippen molar-refractivity contribution < 1.29 is 15.0 Å². The van der Waals surface area contributed by atoms with Gasteiger partial charge in [0.05, 0.1) is 19.8 Å². The van der Waals surface area contributed by atoms with E-state index in [1.54, 1.807) is 0 Å². The Kier molecular flexibility index (Phi) is 3.46. The average Bonchev–Trinajstić information content (AvgIpc) is 2.36. The molecule has 1 aliphatic heterocycles. The number of aliphatic hydroxyl groups is 1. The Morgan fingerprint density at radius 2 is 2.00 bits per heavy atom. The summed E-state index contributed by atoms with van der Waals surface area (Å²) in [5, 5.41) is 17.1. The summed E-state index contributed by atoms with van der Waals surface area (Å²) in [6.45, 7) is 3.17. The molecule has 70 valence electrons. The van der Waals surface area contributed by atoms with Gasteiger partial charge in [-0.25, -0.2) is 0 Å². The van der Waals surface area contributed by atoms with Crippen molar-refractivity contribution in [2.24, 2.45) is 0 Å². The summed E-state index contributed by atoms with van der Waals surface area (Å²) in [5.74, 6) is -0.791. The molecule has 0 unspecified atom stereocenters. The van der Waals surface area contributed by atoms with Crippen LogP contribution < -0.4 is 0 Å². The monoisotopic (exact) mass is 174 g/mol. The van der Waals surface area contributed by atoms with Crippen LogP contribution in [0.5, 0.6) is 0 Å². The molecule has 0 spiro atoms. The predicted octanol–water partition coefficient (Wildman–Crippen LogP) is -1.36. The molecule has 0 aliphatic carbocycles. The Labute approximate surface area is 71.2 Å². The maximum atomic E-state index is 10.3. The zero-order valence-electron chi connectivity index (χ0n) is 6.94. The number of hydrogen-bond acceptors (Lipinski definition) is 4. The van der Waals surface area contributed by atoms with E-state index in [0.717, 1.165) is 13.1 Å². The summed E-state index contributed by atoms with van der Waals surface area (Å²) in [4.78, 5) is 14.2. The van der Waals surface area contributed by atoms with Crippen LogP contribution in [0, 0.1) is 0 Å². The van der Waals surface area contributed by atoms with E-state index < -0.39 is 5.97 Å². The molecular formula is C7H14N2O3. The fourth-order valence-electron chi connectivity index (χ4n) is 1.35. The van der Waals surface area contributed by atoms with Crippen LogP contribution in [0.3, 0.4) is 0 Å². The SMILES string of the molecule is O=C(O)CN1CCN(CCO)C1. The highest BCUT2D eigenvalue weighted by Crippen LogP contribution is 2.02. The van der Waals surface area contributed by atoms with E-state index in [1.165, 1.54) is 0 Å². The maximum Gasteiger partial charge on any atom is 0.317 e. The summed E-state index contributed by atoms with van der Waals surface area (Å²) in [5.41, 5.74) is 0. The first-order valence-electron chi connectivity index (χ1n) is 3.99. The fraction of sp³-hybridized carbons (Fsp3) is 0.857. The normalized spacial score (nSPS) is 20.1. The minimum atomic E-state index is -0.791. The molecule has 1 aliphatic rings. The molecule has 1 fully saturated rings. The minimum absolute atomic E-state index is 0.0991. The number of carboxylic acids is 1. The smallest absolute Gasteiger partial charge is 0.317 e. The number of nitrogens with zero attached hydrogens (tertiary/aromatic N) is 2. The zero-order chi connectivity index (χ0) is 8.97. The number of aliphatic carboxylic acids is 1. The lowest BCUT2D eigenvalue weighted by atomic mass is 10.5. The molecule has 0 amide bonds. The molecule has 1 saturated heterocycles. The van der Waals surface area contributed by atoms with Gasteiger partial charge in [0.1, 0.15) is 0 Å². The van der Waals surface area contributed by atoms with Gasteiger partial charge >= 0.3 is 5.97 Å². The quantitative estimate of drug-likeness (QED) is 0.551. The van der Waals surface area contributed by atoms with Crippen molar-refractivity contribution in [1.29, 1.82) is 0 Å². The Morgan fingerprint density at radius 3 is 2.58 bits per heavy atom. The van der Waals surface area contributed by atoms with E-state index in [4.69, 9.17) is 10.2 Å². The zero-order valence-corrected chi connectivity index (χ0v) is 6.94. The first kappa shape index (κ1) is 9.44. The van der Waals surface area contributed by atoms with Crippen LogP contribution in [0.15, 0.2) is 0 Å². The summed E-state index contributed by atoms with van der Waals surface area (Å²) < 4.78 is 0. The predicted molar refractivity (Wildman–Crippen MR) is 42.7 cm³/mol. The lowest BCUT2D eigenvalue weighted by molar-refractivity contribution is -0.138. The summed E-state index contributed by atoms with van der Waals surface area (Å²) in [6, 6.07) is 0. The van der Waals surface area contributed by atoms with Crippen molar-refractivity contribution >= 4 is 5.97 Å². The van der Waals surface area contributed by atoms with Crippen molar-refractivity contribution in [3.8, 4) is 0 Å². The van der Waals surface area contributed by atoms with Gasteiger partial charge in [0.2, 0.25) is 0 Å². The van der Waals surface area contributed by atoms with Gasteiger partial charge in [0.15, 0.2) is 0 Å². The third-order valence-electron chi connectivity index (χ3n) is 1.91. The molecule has 2 N–H and O–H groups in total. The topological polar surface area (TPSA) is 64.0 Å². The van der Waals surface area contributed by atoms with Crippen LogP contribution in [0.1, 0.15) is 0 Å². The maximum absolute atomic E-state index is 10.3. The second-order valence-corrected chi connectivity index (χ2v) is 2.93. The highest BCUT2D eigenvalue weighted by atomic mass is 16.4. The first-order chi connectivity index (χ1) is 5.72. The van der Waals surface area contributed by atoms with Crippen LogP contribution in [0.25, 0.3) is 0 Å². The van der Waals surface area contributed by atoms with E-state index in [1.807, 2.05) is 9.80 Å². The lowest BCUT2D eigenvalue weighted by Crippen LogP contribution is -2.31. The second kappa shape index (κ2) is 4.39. The van der Waals surface area contributed by atoms with E-state index in [2.05, 4.69) is 0 Å². The molecule has 1 heterocycles. The van der Waals surface area contributed by atoms with Crippen LogP contribution in [-0.4, -0.2) is 65.4 Å². The molecule has 0 aromatic heterocycles. The molecule has 0 saturated carbocycles. The first-order valence-corrected chi connectivity index (χ1v) is 3.99. The summed E-state index contributed by atoms with van der Waals surface area (Å²) >= 11 is 0. The van der Waals surface area contributed by atoms with Crippen LogP contribution in [-0.2, 0) is 4.79 Å². The standard InChI is InChI=1S/C7H14N2O3/c10-4-3-8-1-2-9(6-8)5-7(11)12/h10H,1-6H2,(H,11,12). The molecule has 1 rings (SSSR count). The molecule has 5 nitrogen and oxygen atoms in total. The number of hydrogen-bond donors (Lipinski definition) is 2. The van der Waals surface area contributed by atoms with Crippen LogP contribution in [0.2, 0.25) is 0 Å². The van der Waals surface area contributed by atoms with Crippen molar-refractivity contribution in [3.63, 3.8) is 0 Å². The minimum Gasteiger partial charge on any atom is -0.480 e. The third-order valence-corrected chi connectivity index (χ3v) is 1.91. The van der Waals surface area contributed by atoms with E-state index >= 15 is 0 Å². The third kappa shape index (κ3) is 2.77. The second-order valence-electron chi connectivity index (χ2n) is 2.93. The molecule has 0 radical (unpaired) electrons. The highest BCUT2D eigenvalue weighted by molar-refractivity contribution is 5.69. The molecule has 0 bridgehead atoms. The van der Waals surface area contributed by atoms with Gasteiger partial charge in [-0.05, 0) is 0 Å².